The average Bonchev–Trinajstić information content (AvgIpc) is 2.80. The summed E-state index contributed by atoms with van der Waals surface area (Å²) in [5.74, 6) is 0.309. The fourth-order valence-electron chi connectivity index (χ4n) is 4.48. The Morgan fingerprint density at radius 1 is 0.833 bits per heavy atom. The fraction of sp³-hybridized carbons (Fsp3) is 0.440. The third-order valence-electron chi connectivity index (χ3n) is 6.38. The van der Waals surface area contributed by atoms with Gasteiger partial charge in [-0.15, -0.1) is 0 Å². The van der Waals surface area contributed by atoms with Crippen LogP contribution in [0.25, 0.3) is 11.1 Å². The number of benzene rings is 2. The van der Waals surface area contributed by atoms with E-state index in [0.717, 1.165) is 49.2 Å². The number of piperidine rings is 1. The Morgan fingerprint density at radius 3 is 2.17 bits per heavy atom. The maximum Gasteiger partial charge on any atom is 0.253 e. The van der Waals surface area contributed by atoms with E-state index in [2.05, 4.69) is 24.0 Å². The summed E-state index contributed by atoms with van der Waals surface area (Å²) in [6, 6.07) is 18.4. The van der Waals surface area contributed by atoms with Gasteiger partial charge in [-0.25, -0.2) is 0 Å². The summed E-state index contributed by atoms with van der Waals surface area (Å²) in [5, 5.41) is 0. The molecular weight excluding hydrogens is 374 g/mol. The Labute approximate surface area is 179 Å². The standard InChI is InChI=1S/C25H31N3O2/c1-20-7-5-6-14-28(20)24(29)19-26-15-17-27(18-16-26)25(30)23-12-10-22(11-13-23)21-8-3-2-4-9-21/h2-4,8-13,20H,5-7,14-19H2,1H3. The molecule has 158 valence electrons. The van der Waals surface area contributed by atoms with Gasteiger partial charge in [0.15, 0.2) is 0 Å². The number of amides is 2. The van der Waals surface area contributed by atoms with Crippen LogP contribution in [0.4, 0.5) is 0 Å². The van der Waals surface area contributed by atoms with Gasteiger partial charge in [0.1, 0.15) is 0 Å². The molecule has 1 atom stereocenters. The molecule has 2 aromatic carbocycles. The molecule has 0 bridgehead atoms. The summed E-state index contributed by atoms with van der Waals surface area (Å²) in [5.41, 5.74) is 2.99. The van der Waals surface area contributed by atoms with Crippen LogP contribution in [0.5, 0.6) is 0 Å². The zero-order chi connectivity index (χ0) is 20.9. The molecule has 1 unspecified atom stereocenters. The van der Waals surface area contributed by atoms with Crippen LogP contribution < -0.4 is 0 Å². The molecule has 5 nitrogen and oxygen atoms in total. The first-order chi connectivity index (χ1) is 14.6. The zero-order valence-electron chi connectivity index (χ0n) is 17.8. The summed E-state index contributed by atoms with van der Waals surface area (Å²) >= 11 is 0. The second-order valence-electron chi connectivity index (χ2n) is 8.44. The van der Waals surface area contributed by atoms with Gasteiger partial charge < -0.3 is 9.80 Å². The van der Waals surface area contributed by atoms with E-state index in [-0.39, 0.29) is 11.8 Å². The highest BCUT2D eigenvalue weighted by Gasteiger charge is 2.27. The van der Waals surface area contributed by atoms with Crippen molar-refractivity contribution in [1.82, 2.24) is 14.7 Å². The Hall–Kier alpha value is -2.66. The summed E-state index contributed by atoms with van der Waals surface area (Å²) in [6.45, 7) is 6.35. The molecule has 2 fully saturated rings. The normalized spacial score (nSPS) is 20.2. The summed E-state index contributed by atoms with van der Waals surface area (Å²) in [6.07, 6.45) is 3.44. The second kappa shape index (κ2) is 9.43. The fourth-order valence-corrected chi connectivity index (χ4v) is 4.48. The second-order valence-corrected chi connectivity index (χ2v) is 8.44. The summed E-state index contributed by atoms with van der Waals surface area (Å²) in [7, 11) is 0. The number of nitrogens with zero attached hydrogens (tertiary/aromatic N) is 3. The molecule has 2 heterocycles. The minimum Gasteiger partial charge on any atom is -0.339 e. The summed E-state index contributed by atoms with van der Waals surface area (Å²) < 4.78 is 0. The minimum absolute atomic E-state index is 0.0743. The van der Waals surface area contributed by atoms with E-state index in [9.17, 15) is 9.59 Å². The molecule has 5 heteroatoms. The smallest absolute Gasteiger partial charge is 0.253 e. The number of carbonyl (C=O) groups excluding carboxylic acids is 2. The van der Waals surface area contributed by atoms with Gasteiger partial charge in [0.05, 0.1) is 6.54 Å². The number of likely N-dealkylation sites (tertiary alicyclic amines) is 1. The van der Waals surface area contributed by atoms with Crippen molar-refractivity contribution in [3.05, 3.63) is 60.2 Å². The van der Waals surface area contributed by atoms with Gasteiger partial charge in [0.2, 0.25) is 5.91 Å². The van der Waals surface area contributed by atoms with Crippen LogP contribution >= 0.6 is 0 Å². The average molecular weight is 406 g/mol. The monoisotopic (exact) mass is 405 g/mol. The number of carbonyl (C=O) groups is 2. The van der Waals surface area contributed by atoms with Crippen molar-refractivity contribution < 1.29 is 9.59 Å². The molecule has 0 spiro atoms. The number of piperazine rings is 1. The lowest BCUT2D eigenvalue weighted by atomic mass is 10.0. The van der Waals surface area contributed by atoms with E-state index < -0.39 is 0 Å². The Balaban J connectivity index is 1.29. The molecule has 2 saturated heterocycles. The molecule has 2 amide bonds. The maximum absolute atomic E-state index is 12.9. The quantitative estimate of drug-likeness (QED) is 0.782. The van der Waals surface area contributed by atoms with Gasteiger partial charge in [-0.2, -0.15) is 0 Å². The topological polar surface area (TPSA) is 43.9 Å². The van der Waals surface area contributed by atoms with Gasteiger partial charge in [-0.05, 0) is 49.4 Å². The first kappa shape index (κ1) is 20.6. The van der Waals surface area contributed by atoms with Crippen molar-refractivity contribution in [1.29, 1.82) is 0 Å². The van der Waals surface area contributed by atoms with Crippen LogP contribution in [-0.4, -0.2) is 71.8 Å². The molecule has 30 heavy (non-hydrogen) atoms. The predicted molar refractivity (Wildman–Crippen MR) is 119 cm³/mol. The highest BCUT2D eigenvalue weighted by Crippen LogP contribution is 2.20. The van der Waals surface area contributed by atoms with Crippen LogP contribution in [0.3, 0.4) is 0 Å². The van der Waals surface area contributed by atoms with Gasteiger partial charge in [0, 0.05) is 44.3 Å². The third kappa shape index (κ3) is 4.73. The van der Waals surface area contributed by atoms with Crippen molar-refractivity contribution in [2.24, 2.45) is 0 Å². The number of rotatable bonds is 4. The minimum atomic E-state index is 0.0743. The molecule has 4 rings (SSSR count). The van der Waals surface area contributed by atoms with Crippen LogP contribution in [0.1, 0.15) is 36.5 Å². The lowest BCUT2D eigenvalue weighted by Gasteiger charge is -2.38. The van der Waals surface area contributed by atoms with Gasteiger partial charge in [0.25, 0.3) is 5.91 Å². The van der Waals surface area contributed by atoms with E-state index in [1.165, 1.54) is 6.42 Å². The van der Waals surface area contributed by atoms with Crippen molar-refractivity contribution in [2.75, 3.05) is 39.3 Å². The summed E-state index contributed by atoms with van der Waals surface area (Å²) in [4.78, 5) is 31.7. The Kier molecular flexibility index (Phi) is 6.48. The maximum atomic E-state index is 12.9. The van der Waals surface area contributed by atoms with E-state index in [1.807, 2.05) is 52.3 Å². The largest absolute Gasteiger partial charge is 0.339 e. The van der Waals surface area contributed by atoms with E-state index in [1.54, 1.807) is 0 Å². The van der Waals surface area contributed by atoms with Crippen molar-refractivity contribution in [2.45, 2.75) is 32.2 Å². The lowest BCUT2D eigenvalue weighted by Crippen LogP contribution is -2.53. The molecule has 2 aromatic rings. The van der Waals surface area contributed by atoms with Gasteiger partial charge >= 0.3 is 0 Å². The highest BCUT2D eigenvalue weighted by atomic mass is 16.2. The van der Waals surface area contributed by atoms with Crippen LogP contribution in [0.15, 0.2) is 54.6 Å². The van der Waals surface area contributed by atoms with Gasteiger partial charge in [-0.3, -0.25) is 14.5 Å². The lowest BCUT2D eigenvalue weighted by molar-refractivity contribution is -0.136. The molecule has 2 aliphatic heterocycles. The van der Waals surface area contributed by atoms with Crippen LogP contribution in [-0.2, 0) is 4.79 Å². The van der Waals surface area contributed by atoms with E-state index in [0.29, 0.717) is 25.7 Å². The van der Waals surface area contributed by atoms with Crippen LogP contribution in [0.2, 0.25) is 0 Å². The Bertz CT molecular complexity index is 858. The van der Waals surface area contributed by atoms with Crippen molar-refractivity contribution in [3.8, 4) is 11.1 Å². The van der Waals surface area contributed by atoms with E-state index >= 15 is 0 Å². The molecule has 2 aliphatic rings. The molecule has 0 radical (unpaired) electrons. The Morgan fingerprint density at radius 2 is 1.50 bits per heavy atom. The van der Waals surface area contributed by atoms with Crippen LogP contribution in [0, 0.1) is 0 Å². The zero-order valence-corrected chi connectivity index (χ0v) is 17.8. The molecule has 0 aliphatic carbocycles. The first-order valence-corrected chi connectivity index (χ1v) is 11.1. The van der Waals surface area contributed by atoms with Crippen molar-refractivity contribution in [3.63, 3.8) is 0 Å². The molecular formula is C25H31N3O2. The molecule has 0 aromatic heterocycles. The highest BCUT2D eigenvalue weighted by molar-refractivity contribution is 5.94. The van der Waals surface area contributed by atoms with Gasteiger partial charge in [-0.1, -0.05) is 42.5 Å². The number of hydrogen-bond acceptors (Lipinski definition) is 3. The molecule has 0 saturated carbocycles. The first-order valence-electron chi connectivity index (χ1n) is 11.1. The SMILES string of the molecule is CC1CCCCN1C(=O)CN1CCN(C(=O)c2ccc(-c3ccccc3)cc2)CC1. The number of hydrogen-bond donors (Lipinski definition) is 0. The predicted octanol–water partition coefficient (Wildman–Crippen LogP) is 3.51. The molecule has 0 N–H and O–H groups in total. The van der Waals surface area contributed by atoms with E-state index in [4.69, 9.17) is 0 Å². The van der Waals surface area contributed by atoms with Crippen molar-refractivity contribution >= 4 is 11.8 Å². The third-order valence-corrected chi connectivity index (χ3v) is 6.38.